The molecule has 0 spiro atoms. The Hall–Kier alpha value is -1.81. The lowest BCUT2D eigenvalue weighted by Crippen LogP contribution is -2.35. The molecule has 0 aliphatic carbocycles. The highest BCUT2D eigenvalue weighted by molar-refractivity contribution is 9.10. The van der Waals surface area contributed by atoms with E-state index in [1.54, 1.807) is 12.1 Å². The van der Waals surface area contributed by atoms with Gasteiger partial charge in [-0.15, -0.1) is 0 Å². The predicted molar refractivity (Wildman–Crippen MR) is 85.0 cm³/mol. The van der Waals surface area contributed by atoms with E-state index in [1.807, 2.05) is 29.2 Å². The molecule has 0 saturated heterocycles. The predicted octanol–water partition coefficient (Wildman–Crippen LogP) is 3.62. The first kappa shape index (κ1) is 13.2. The number of rotatable bonds is 1. The molecule has 2 aromatic rings. The van der Waals surface area contributed by atoms with Crippen LogP contribution in [-0.2, 0) is 6.42 Å². The number of carbonyl (C=O) groups excluding carboxylic acids is 1. The minimum atomic E-state index is -0.0315. The minimum Gasteiger partial charge on any atom is -0.398 e. The molecule has 1 amide bonds. The van der Waals surface area contributed by atoms with Gasteiger partial charge in [-0.25, -0.2) is 0 Å². The molecule has 2 aromatic carbocycles. The highest BCUT2D eigenvalue weighted by atomic mass is 79.9. The summed E-state index contributed by atoms with van der Waals surface area (Å²) >= 11 is 3.39. The van der Waals surface area contributed by atoms with Gasteiger partial charge < -0.3 is 10.6 Å². The molecular formula is C16H15BrN2O. The largest absolute Gasteiger partial charge is 0.398 e. The van der Waals surface area contributed by atoms with Crippen molar-refractivity contribution < 1.29 is 4.79 Å². The van der Waals surface area contributed by atoms with Crippen LogP contribution in [0, 0.1) is 0 Å². The monoisotopic (exact) mass is 330 g/mol. The first-order valence-corrected chi connectivity index (χ1v) is 7.41. The van der Waals surface area contributed by atoms with Crippen LogP contribution >= 0.6 is 15.9 Å². The maximum atomic E-state index is 12.8. The van der Waals surface area contributed by atoms with Gasteiger partial charge in [-0.3, -0.25) is 4.79 Å². The van der Waals surface area contributed by atoms with Gasteiger partial charge in [-0.1, -0.05) is 34.1 Å². The normalized spacial score (nSPS) is 13.9. The number of benzene rings is 2. The van der Waals surface area contributed by atoms with Crippen molar-refractivity contribution in [3.8, 4) is 0 Å². The summed E-state index contributed by atoms with van der Waals surface area (Å²) in [5.74, 6) is -0.0315. The number of carbonyl (C=O) groups is 1. The van der Waals surface area contributed by atoms with Gasteiger partial charge in [-0.05, 0) is 42.7 Å². The van der Waals surface area contributed by atoms with Crippen molar-refractivity contribution in [2.24, 2.45) is 0 Å². The summed E-state index contributed by atoms with van der Waals surface area (Å²) in [4.78, 5) is 14.6. The van der Waals surface area contributed by atoms with Crippen LogP contribution in [0.2, 0.25) is 0 Å². The zero-order valence-corrected chi connectivity index (χ0v) is 12.6. The van der Waals surface area contributed by atoms with E-state index in [-0.39, 0.29) is 5.91 Å². The Kier molecular flexibility index (Phi) is 3.49. The maximum absolute atomic E-state index is 12.8. The lowest BCUT2D eigenvalue weighted by Gasteiger charge is -2.29. The summed E-state index contributed by atoms with van der Waals surface area (Å²) < 4.78 is 0.861. The van der Waals surface area contributed by atoms with Gasteiger partial charge in [0.05, 0.1) is 5.56 Å². The molecule has 20 heavy (non-hydrogen) atoms. The lowest BCUT2D eigenvalue weighted by molar-refractivity contribution is 0.0986. The van der Waals surface area contributed by atoms with E-state index in [2.05, 4.69) is 22.0 Å². The Balaban J connectivity index is 2.02. The van der Waals surface area contributed by atoms with Crippen molar-refractivity contribution in [1.29, 1.82) is 0 Å². The van der Waals surface area contributed by atoms with Crippen molar-refractivity contribution in [3.05, 3.63) is 58.1 Å². The number of amides is 1. The van der Waals surface area contributed by atoms with Gasteiger partial charge in [0.25, 0.3) is 5.91 Å². The number of hydrogen-bond donors (Lipinski definition) is 1. The van der Waals surface area contributed by atoms with Crippen molar-refractivity contribution >= 4 is 33.2 Å². The van der Waals surface area contributed by atoms with Gasteiger partial charge in [0, 0.05) is 22.4 Å². The van der Waals surface area contributed by atoms with E-state index >= 15 is 0 Å². The second kappa shape index (κ2) is 5.29. The number of fused-ring (bicyclic) bond motifs is 1. The van der Waals surface area contributed by atoms with E-state index in [1.165, 1.54) is 5.56 Å². The van der Waals surface area contributed by atoms with Crippen LogP contribution in [0.15, 0.2) is 46.9 Å². The quantitative estimate of drug-likeness (QED) is 0.811. The topological polar surface area (TPSA) is 46.3 Å². The summed E-state index contributed by atoms with van der Waals surface area (Å²) in [6.45, 7) is 0.738. The van der Waals surface area contributed by atoms with E-state index in [4.69, 9.17) is 5.73 Å². The molecule has 0 fully saturated rings. The number of nitrogens with zero attached hydrogens (tertiary/aromatic N) is 1. The molecule has 0 bridgehead atoms. The molecule has 1 heterocycles. The van der Waals surface area contributed by atoms with Crippen molar-refractivity contribution in [2.75, 3.05) is 17.2 Å². The average Bonchev–Trinajstić information content (AvgIpc) is 2.48. The molecule has 1 aliphatic rings. The van der Waals surface area contributed by atoms with Crippen LogP contribution < -0.4 is 10.6 Å². The highest BCUT2D eigenvalue weighted by Crippen LogP contribution is 2.29. The number of halogens is 1. The highest BCUT2D eigenvalue weighted by Gasteiger charge is 2.24. The van der Waals surface area contributed by atoms with Gasteiger partial charge in [0.1, 0.15) is 0 Å². The smallest absolute Gasteiger partial charge is 0.260 e. The molecule has 0 aromatic heterocycles. The van der Waals surface area contributed by atoms with Crippen molar-refractivity contribution in [2.45, 2.75) is 12.8 Å². The van der Waals surface area contributed by atoms with Crippen molar-refractivity contribution in [3.63, 3.8) is 0 Å². The molecular weight excluding hydrogens is 316 g/mol. The number of nitrogens with two attached hydrogens (primary N) is 1. The Labute approximate surface area is 126 Å². The Morgan fingerprint density at radius 1 is 1.20 bits per heavy atom. The number of nitrogen functional groups attached to an aromatic ring is 1. The second-order valence-corrected chi connectivity index (χ2v) is 5.84. The lowest BCUT2D eigenvalue weighted by atomic mass is 10.0. The molecule has 0 unspecified atom stereocenters. The van der Waals surface area contributed by atoms with Crippen LogP contribution in [-0.4, -0.2) is 12.5 Å². The van der Waals surface area contributed by atoms with E-state index < -0.39 is 0 Å². The molecule has 3 nitrogen and oxygen atoms in total. The van der Waals surface area contributed by atoms with E-state index in [0.29, 0.717) is 11.3 Å². The molecule has 0 saturated carbocycles. The summed E-state index contributed by atoms with van der Waals surface area (Å²) in [6, 6.07) is 13.5. The molecule has 4 heteroatoms. The van der Waals surface area contributed by atoms with Crippen LogP contribution in [0.4, 0.5) is 11.4 Å². The summed E-state index contributed by atoms with van der Waals surface area (Å²) in [5.41, 5.74) is 9.24. The summed E-state index contributed by atoms with van der Waals surface area (Å²) in [5, 5.41) is 0. The Morgan fingerprint density at radius 2 is 2.00 bits per heavy atom. The molecule has 0 radical (unpaired) electrons. The third-order valence-electron chi connectivity index (χ3n) is 3.60. The fourth-order valence-corrected chi connectivity index (χ4v) is 2.96. The fourth-order valence-electron chi connectivity index (χ4n) is 2.60. The number of aryl methyl sites for hydroxylation is 1. The minimum absolute atomic E-state index is 0.0315. The van der Waals surface area contributed by atoms with Crippen LogP contribution in [0.1, 0.15) is 22.3 Å². The number of anilines is 2. The number of para-hydroxylation sites is 1. The van der Waals surface area contributed by atoms with E-state index in [9.17, 15) is 4.79 Å². The van der Waals surface area contributed by atoms with Crippen molar-refractivity contribution in [1.82, 2.24) is 0 Å². The zero-order valence-electron chi connectivity index (χ0n) is 11.0. The molecule has 2 N–H and O–H groups in total. The van der Waals surface area contributed by atoms with E-state index in [0.717, 1.165) is 29.5 Å². The zero-order chi connectivity index (χ0) is 14.1. The molecule has 0 atom stereocenters. The standard InChI is InChI=1S/C16H15BrN2O/c17-12-7-8-14(18)13(10-12)16(20)19-9-3-5-11-4-1-2-6-15(11)19/h1-2,4,6-8,10H,3,5,9,18H2. The van der Waals surface area contributed by atoms with Gasteiger partial charge in [0.15, 0.2) is 0 Å². The van der Waals surface area contributed by atoms with Crippen LogP contribution in [0.25, 0.3) is 0 Å². The third kappa shape index (κ3) is 2.31. The van der Waals surface area contributed by atoms with Crippen LogP contribution in [0.3, 0.4) is 0 Å². The molecule has 3 rings (SSSR count). The molecule has 1 aliphatic heterocycles. The summed E-state index contributed by atoms with van der Waals surface area (Å²) in [6.07, 6.45) is 2.00. The average molecular weight is 331 g/mol. The van der Waals surface area contributed by atoms with Crippen LogP contribution in [0.5, 0.6) is 0 Å². The third-order valence-corrected chi connectivity index (χ3v) is 4.09. The second-order valence-electron chi connectivity index (χ2n) is 4.92. The number of hydrogen-bond acceptors (Lipinski definition) is 2. The summed E-state index contributed by atoms with van der Waals surface area (Å²) in [7, 11) is 0. The van der Waals surface area contributed by atoms with Gasteiger partial charge in [-0.2, -0.15) is 0 Å². The fraction of sp³-hybridized carbons (Fsp3) is 0.188. The Bertz CT molecular complexity index is 669. The maximum Gasteiger partial charge on any atom is 0.260 e. The van der Waals surface area contributed by atoms with Gasteiger partial charge >= 0.3 is 0 Å². The molecule has 102 valence electrons. The SMILES string of the molecule is Nc1ccc(Br)cc1C(=O)N1CCCc2ccccc21. The first-order chi connectivity index (χ1) is 9.66. The Morgan fingerprint density at radius 3 is 2.85 bits per heavy atom. The first-order valence-electron chi connectivity index (χ1n) is 6.61. The van der Waals surface area contributed by atoms with Gasteiger partial charge in [0.2, 0.25) is 0 Å².